The molecule has 0 fully saturated rings. The first kappa shape index (κ1) is 17.6. The first-order valence-corrected chi connectivity index (χ1v) is 8.73. The number of anilines is 1. The number of nitrogens with zero attached hydrogens (tertiary/aromatic N) is 2. The average molecular weight is 346 g/mol. The maximum absolute atomic E-state index is 12.1. The number of hydrogen-bond acceptors (Lipinski definition) is 4. The highest BCUT2D eigenvalue weighted by Crippen LogP contribution is 2.32. The van der Waals surface area contributed by atoms with E-state index in [0.717, 1.165) is 33.0 Å². The maximum Gasteiger partial charge on any atom is 0.255 e. The van der Waals surface area contributed by atoms with Gasteiger partial charge in [0.15, 0.2) is 0 Å². The van der Waals surface area contributed by atoms with Crippen LogP contribution in [0.1, 0.15) is 19.4 Å². The van der Waals surface area contributed by atoms with E-state index >= 15 is 0 Å². The van der Waals surface area contributed by atoms with Crippen LogP contribution in [0.3, 0.4) is 0 Å². The summed E-state index contributed by atoms with van der Waals surface area (Å²) in [5.74, 6) is 0.600. The second-order valence-electron chi connectivity index (χ2n) is 5.74. The summed E-state index contributed by atoms with van der Waals surface area (Å²) in [7, 11) is 1.80. The van der Waals surface area contributed by atoms with E-state index in [0.29, 0.717) is 11.3 Å². The van der Waals surface area contributed by atoms with Crippen LogP contribution in [0.4, 0.5) is 5.95 Å². The van der Waals surface area contributed by atoms with Gasteiger partial charge in [-0.25, -0.2) is 9.97 Å². The van der Waals surface area contributed by atoms with Gasteiger partial charge in [0.2, 0.25) is 5.95 Å². The number of nitrogens with one attached hydrogen (secondary N) is 2. The zero-order chi connectivity index (χ0) is 18.7. The van der Waals surface area contributed by atoms with Gasteiger partial charge in [0, 0.05) is 30.2 Å². The van der Waals surface area contributed by atoms with Crippen molar-refractivity contribution in [1.29, 1.82) is 0 Å². The van der Waals surface area contributed by atoms with Gasteiger partial charge in [0.1, 0.15) is 0 Å². The van der Waals surface area contributed by atoms with Crippen molar-refractivity contribution in [2.75, 3.05) is 12.4 Å². The minimum absolute atomic E-state index is 0.0727. The molecule has 0 aliphatic carbocycles. The number of aryl methyl sites for hydroxylation is 1. The van der Waals surface area contributed by atoms with Gasteiger partial charge in [0.25, 0.3) is 5.56 Å². The molecule has 0 bridgehead atoms. The third-order valence-corrected chi connectivity index (χ3v) is 4.25. The van der Waals surface area contributed by atoms with Crippen molar-refractivity contribution in [2.24, 2.45) is 0 Å². The summed E-state index contributed by atoms with van der Waals surface area (Å²) in [6, 6.07) is 11.9. The van der Waals surface area contributed by atoms with Crippen LogP contribution in [0.25, 0.3) is 32.8 Å². The van der Waals surface area contributed by atoms with E-state index in [1.165, 1.54) is 0 Å². The topological polar surface area (TPSA) is 70.7 Å². The van der Waals surface area contributed by atoms with Crippen molar-refractivity contribution in [3.63, 3.8) is 0 Å². The Hall–Kier alpha value is -3.21. The van der Waals surface area contributed by atoms with E-state index in [1.807, 2.05) is 50.4 Å². The van der Waals surface area contributed by atoms with E-state index in [-0.39, 0.29) is 5.56 Å². The van der Waals surface area contributed by atoms with E-state index in [4.69, 9.17) is 0 Å². The van der Waals surface area contributed by atoms with Crippen LogP contribution in [0.5, 0.6) is 0 Å². The summed E-state index contributed by atoms with van der Waals surface area (Å²) in [5.41, 5.74) is 4.06. The van der Waals surface area contributed by atoms with Crippen molar-refractivity contribution < 1.29 is 0 Å². The molecule has 0 aliphatic rings. The average Bonchev–Trinajstić information content (AvgIpc) is 2.69. The Morgan fingerprint density at radius 1 is 1.04 bits per heavy atom. The number of aromatic amines is 1. The number of fused-ring (bicyclic) bond motifs is 2. The molecule has 0 saturated carbocycles. The number of rotatable bonds is 2. The van der Waals surface area contributed by atoms with Crippen LogP contribution in [0, 0.1) is 6.92 Å². The Morgan fingerprint density at radius 3 is 2.62 bits per heavy atom. The fourth-order valence-corrected chi connectivity index (χ4v) is 3.07. The smallest absolute Gasteiger partial charge is 0.255 e. The molecular weight excluding hydrogens is 324 g/mol. The molecule has 4 aromatic rings. The minimum Gasteiger partial charge on any atom is -0.357 e. The molecule has 2 heterocycles. The molecule has 0 saturated heterocycles. The number of pyridine rings is 1. The van der Waals surface area contributed by atoms with Crippen LogP contribution in [0.15, 0.2) is 53.6 Å². The molecule has 2 aromatic carbocycles. The van der Waals surface area contributed by atoms with Crippen molar-refractivity contribution in [3.8, 4) is 11.1 Å². The number of aromatic nitrogens is 3. The molecule has 26 heavy (non-hydrogen) atoms. The lowest BCUT2D eigenvalue weighted by Gasteiger charge is -2.11. The van der Waals surface area contributed by atoms with Crippen LogP contribution in [0.2, 0.25) is 0 Å². The predicted molar refractivity (Wildman–Crippen MR) is 109 cm³/mol. The molecule has 132 valence electrons. The van der Waals surface area contributed by atoms with Crippen molar-refractivity contribution in [2.45, 2.75) is 20.8 Å². The molecule has 2 aromatic heterocycles. The molecule has 2 N–H and O–H groups in total. The van der Waals surface area contributed by atoms with Gasteiger partial charge in [-0.3, -0.25) is 4.79 Å². The van der Waals surface area contributed by atoms with Gasteiger partial charge >= 0.3 is 0 Å². The Labute approximate surface area is 152 Å². The van der Waals surface area contributed by atoms with E-state index in [2.05, 4.69) is 33.3 Å². The third kappa shape index (κ3) is 3.04. The van der Waals surface area contributed by atoms with Gasteiger partial charge in [-0.05, 0) is 53.3 Å². The minimum atomic E-state index is -0.0727. The normalized spacial score (nSPS) is 10.5. The van der Waals surface area contributed by atoms with Crippen molar-refractivity contribution >= 4 is 27.6 Å². The van der Waals surface area contributed by atoms with Crippen LogP contribution in [-0.2, 0) is 0 Å². The van der Waals surface area contributed by atoms with Crippen LogP contribution in [-0.4, -0.2) is 22.0 Å². The monoisotopic (exact) mass is 346 g/mol. The van der Waals surface area contributed by atoms with Gasteiger partial charge in [-0.2, -0.15) is 0 Å². The van der Waals surface area contributed by atoms with E-state index < -0.39 is 0 Å². The molecule has 4 rings (SSSR count). The summed E-state index contributed by atoms with van der Waals surface area (Å²) in [6.45, 7) is 6.06. The molecule has 0 aliphatic heterocycles. The van der Waals surface area contributed by atoms with Gasteiger partial charge < -0.3 is 10.3 Å². The first-order valence-electron chi connectivity index (χ1n) is 8.73. The third-order valence-electron chi connectivity index (χ3n) is 4.25. The van der Waals surface area contributed by atoms with Gasteiger partial charge in [-0.1, -0.05) is 26.0 Å². The predicted octanol–water partition coefficient (Wildman–Crippen LogP) is 4.51. The Morgan fingerprint density at radius 2 is 1.85 bits per heavy atom. The fraction of sp³-hybridized carbons (Fsp3) is 0.190. The zero-order valence-corrected chi connectivity index (χ0v) is 15.4. The van der Waals surface area contributed by atoms with Crippen LogP contribution < -0.4 is 10.9 Å². The fourth-order valence-electron chi connectivity index (χ4n) is 3.07. The highest BCUT2D eigenvalue weighted by atomic mass is 16.1. The summed E-state index contributed by atoms with van der Waals surface area (Å²) in [4.78, 5) is 23.5. The standard InChI is InChI=1S/C19H16N4O.C2H6/c1-11-3-5-15-14(7-8-21-18(15)24)17(11)12-4-6-16-13(9-12)10-22-19(20-2)23-16;1-2/h3-10H,1-2H3,(H,21,24)(H,20,22,23);1-2H3. The van der Waals surface area contributed by atoms with Gasteiger partial charge in [-0.15, -0.1) is 0 Å². The SMILES string of the molecule is CC.CNc1ncc2cc(-c3c(C)ccc4c(=O)[nH]ccc34)ccc2n1. The summed E-state index contributed by atoms with van der Waals surface area (Å²) in [6.07, 6.45) is 3.50. The number of hydrogen-bond donors (Lipinski definition) is 2. The number of benzene rings is 2. The second-order valence-corrected chi connectivity index (χ2v) is 5.74. The summed E-state index contributed by atoms with van der Waals surface area (Å²) in [5, 5.41) is 5.55. The second kappa shape index (κ2) is 7.35. The lowest BCUT2D eigenvalue weighted by Crippen LogP contribution is -2.05. The van der Waals surface area contributed by atoms with Gasteiger partial charge in [0.05, 0.1) is 5.52 Å². The zero-order valence-electron chi connectivity index (χ0n) is 15.4. The Bertz CT molecular complexity index is 1130. The summed E-state index contributed by atoms with van der Waals surface area (Å²) < 4.78 is 0. The molecule has 5 heteroatoms. The highest BCUT2D eigenvalue weighted by molar-refractivity contribution is 5.99. The molecular formula is C21H22N4O. The van der Waals surface area contributed by atoms with Crippen molar-refractivity contribution in [3.05, 3.63) is 64.7 Å². The molecule has 0 radical (unpaired) electrons. The summed E-state index contributed by atoms with van der Waals surface area (Å²) >= 11 is 0. The number of H-pyrrole nitrogens is 1. The first-order chi connectivity index (χ1) is 12.7. The van der Waals surface area contributed by atoms with Crippen molar-refractivity contribution in [1.82, 2.24) is 15.0 Å². The Balaban J connectivity index is 0.000000948. The molecule has 0 amide bonds. The molecule has 0 spiro atoms. The lowest BCUT2D eigenvalue weighted by atomic mass is 9.94. The van der Waals surface area contributed by atoms with Crippen LogP contribution >= 0.6 is 0 Å². The molecule has 0 unspecified atom stereocenters. The largest absolute Gasteiger partial charge is 0.357 e. The molecule has 5 nitrogen and oxygen atoms in total. The molecule has 0 atom stereocenters. The Kier molecular flexibility index (Phi) is 4.98. The lowest BCUT2D eigenvalue weighted by molar-refractivity contribution is 1.19. The quantitative estimate of drug-likeness (QED) is 0.560. The highest BCUT2D eigenvalue weighted by Gasteiger charge is 2.10. The maximum atomic E-state index is 12.1. The van der Waals surface area contributed by atoms with E-state index in [1.54, 1.807) is 13.2 Å². The van der Waals surface area contributed by atoms with E-state index in [9.17, 15) is 4.79 Å².